The summed E-state index contributed by atoms with van der Waals surface area (Å²) >= 11 is 0. The van der Waals surface area contributed by atoms with Gasteiger partial charge in [0.25, 0.3) is 5.91 Å². The number of aromatic amines is 1. The van der Waals surface area contributed by atoms with E-state index in [1.807, 2.05) is 76.2 Å². The Bertz CT molecular complexity index is 1530. The van der Waals surface area contributed by atoms with Crippen molar-refractivity contribution in [2.45, 2.75) is 71.4 Å². The highest BCUT2D eigenvalue weighted by molar-refractivity contribution is 5.99. The average molecular weight is 604 g/mol. The van der Waals surface area contributed by atoms with Gasteiger partial charge in [-0.2, -0.15) is 0 Å². The zero-order chi connectivity index (χ0) is 31.6. The molecular formula is C33H41N5O6. The number of ether oxygens (including phenoxy) is 2. The molecule has 44 heavy (non-hydrogen) atoms. The molecular weight excluding hydrogens is 562 g/mol. The van der Waals surface area contributed by atoms with Crippen molar-refractivity contribution in [3.05, 3.63) is 65.9 Å². The van der Waals surface area contributed by atoms with Crippen LogP contribution in [0, 0.1) is 0 Å². The summed E-state index contributed by atoms with van der Waals surface area (Å²) in [6.07, 6.45) is 0.141. The molecule has 3 atom stereocenters. The lowest BCUT2D eigenvalue weighted by Gasteiger charge is -2.40. The van der Waals surface area contributed by atoms with Gasteiger partial charge in [0.15, 0.2) is 0 Å². The van der Waals surface area contributed by atoms with Crippen molar-refractivity contribution in [1.29, 1.82) is 0 Å². The predicted octanol–water partition coefficient (Wildman–Crippen LogP) is 3.93. The van der Waals surface area contributed by atoms with Gasteiger partial charge in [-0.15, -0.1) is 0 Å². The van der Waals surface area contributed by atoms with Crippen LogP contribution in [0.2, 0.25) is 0 Å². The Morgan fingerprint density at radius 2 is 1.73 bits per heavy atom. The molecule has 0 saturated carbocycles. The van der Waals surface area contributed by atoms with Gasteiger partial charge in [0.05, 0.1) is 6.54 Å². The summed E-state index contributed by atoms with van der Waals surface area (Å²) in [6, 6.07) is 16.0. The standard InChI is InChI=1S/C33H41N5O6/c1-21-15-25(18-38(21)32(42)44-33(3,4)5)34-30(40)29-19-36(13-14-37(29)22(2)39)31(41)28-17-24-16-26(11-12-27(24)35-28)43-20-23-9-7-6-8-10-23/h6-12,16-17,21,25,29,35H,13-15,18-20H2,1-5H3,(H,34,40)/t21-,25+,29-/m1/s1. The number of hydrogen-bond donors (Lipinski definition) is 2. The summed E-state index contributed by atoms with van der Waals surface area (Å²) in [6.45, 7) is 10.1. The molecule has 0 radical (unpaired) electrons. The van der Waals surface area contributed by atoms with Crippen LogP contribution < -0.4 is 10.1 Å². The fraction of sp³-hybridized carbons (Fsp3) is 0.455. The molecule has 2 aliphatic heterocycles. The summed E-state index contributed by atoms with van der Waals surface area (Å²) in [4.78, 5) is 60.2. The summed E-state index contributed by atoms with van der Waals surface area (Å²) < 4.78 is 11.5. The quantitative estimate of drug-likeness (QED) is 0.440. The Balaban J connectivity index is 1.24. The molecule has 0 unspecified atom stereocenters. The van der Waals surface area contributed by atoms with E-state index in [2.05, 4.69) is 10.3 Å². The molecule has 1 aromatic heterocycles. The lowest BCUT2D eigenvalue weighted by molar-refractivity contribution is -0.142. The van der Waals surface area contributed by atoms with Crippen LogP contribution >= 0.6 is 0 Å². The van der Waals surface area contributed by atoms with Crippen molar-refractivity contribution in [3.8, 4) is 5.75 Å². The highest BCUT2D eigenvalue weighted by Crippen LogP contribution is 2.25. The number of rotatable bonds is 6. The summed E-state index contributed by atoms with van der Waals surface area (Å²) in [7, 11) is 0. The lowest BCUT2D eigenvalue weighted by atomic mass is 10.1. The number of nitrogens with one attached hydrogen (secondary N) is 2. The molecule has 0 aliphatic carbocycles. The fourth-order valence-corrected chi connectivity index (χ4v) is 5.80. The Kier molecular flexibility index (Phi) is 8.85. The number of H-pyrrole nitrogens is 1. The first-order valence-corrected chi connectivity index (χ1v) is 15.0. The number of carbonyl (C=O) groups is 4. The van der Waals surface area contributed by atoms with Crippen molar-refractivity contribution >= 4 is 34.7 Å². The molecule has 5 rings (SSSR count). The number of amides is 4. The molecule has 3 aromatic rings. The van der Waals surface area contributed by atoms with E-state index in [1.165, 1.54) is 11.8 Å². The van der Waals surface area contributed by atoms with Gasteiger partial charge in [0.2, 0.25) is 11.8 Å². The Labute approximate surface area is 257 Å². The van der Waals surface area contributed by atoms with Gasteiger partial charge in [-0.1, -0.05) is 30.3 Å². The minimum atomic E-state index is -0.849. The molecule has 2 N–H and O–H groups in total. The monoisotopic (exact) mass is 603 g/mol. The molecule has 234 valence electrons. The second-order valence-corrected chi connectivity index (χ2v) is 12.6. The Morgan fingerprint density at radius 3 is 2.43 bits per heavy atom. The topological polar surface area (TPSA) is 124 Å². The largest absolute Gasteiger partial charge is 0.489 e. The van der Waals surface area contributed by atoms with Crippen molar-refractivity contribution in [2.75, 3.05) is 26.2 Å². The van der Waals surface area contributed by atoms with Crippen LogP contribution in [0.15, 0.2) is 54.6 Å². The molecule has 4 amide bonds. The number of likely N-dealkylation sites (tertiary alicyclic amines) is 1. The maximum Gasteiger partial charge on any atom is 0.410 e. The van der Waals surface area contributed by atoms with Crippen LogP contribution in [0.4, 0.5) is 4.79 Å². The Morgan fingerprint density at radius 1 is 0.977 bits per heavy atom. The second-order valence-electron chi connectivity index (χ2n) is 12.6. The average Bonchev–Trinajstić information content (AvgIpc) is 3.57. The maximum atomic E-state index is 13.6. The van der Waals surface area contributed by atoms with E-state index in [9.17, 15) is 19.2 Å². The van der Waals surface area contributed by atoms with E-state index in [4.69, 9.17) is 9.47 Å². The summed E-state index contributed by atoms with van der Waals surface area (Å²) in [5.41, 5.74) is 1.63. The van der Waals surface area contributed by atoms with Crippen LogP contribution in [-0.2, 0) is 20.9 Å². The molecule has 2 aliphatic rings. The zero-order valence-corrected chi connectivity index (χ0v) is 26.0. The van der Waals surface area contributed by atoms with Crippen LogP contribution in [-0.4, -0.2) is 93.4 Å². The number of piperazine rings is 1. The number of hydrogen-bond acceptors (Lipinski definition) is 6. The van der Waals surface area contributed by atoms with Crippen LogP contribution in [0.3, 0.4) is 0 Å². The third kappa shape index (κ3) is 7.15. The van der Waals surface area contributed by atoms with Crippen molar-refractivity contribution < 1.29 is 28.7 Å². The summed E-state index contributed by atoms with van der Waals surface area (Å²) in [5, 5.41) is 3.85. The second kappa shape index (κ2) is 12.6. The molecule has 0 bridgehead atoms. The smallest absolute Gasteiger partial charge is 0.410 e. The van der Waals surface area contributed by atoms with E-state index < -0.39 is 17.7 Å². The molecule has 2 aromatic carbocycles. The molecule has 0 spiro atoms. The number of fused-ring (bicyclic) bond motifs is 1. The van der Waals surface area contributed by atoms with Crippen LogP contribution in [0.5, 0.6) is 5.75 Å². The van der Waals surface area contributed by atoms with Crippen LogP contribution in [0.25, 0.3) is 10.9 Å². The normalized spacial score (nSPS) is 20.5. The minimum absolute atomic E-state index is 0.0586. The van der Waals surface area contributed by atoms with E-state index in [0.717, 1.165) is 16.5 Å². The first kappa shape index (κ1) is 30.9. The highest BCUT2D eigenvalue weighted by atomic mass is 16.6. The van der Waals surface area contributed by atoms with Crippen molar-refractivity contribution in [2.24, 2.45) is 0 Å². The third-order valence-corrected chi connectivity index (χ3v) is 7.99. The summed E-state index contributed by atoms with van der Waals surface area (Å²) in [5.74, 6) is -0.143. The molecule has 3 heterocycles. The van der Waals surface area contributed by atoms with Crippen LogP contribution in [0.1, 0.15) is 57.1 Å². The molecule has 2 fully saturated rings. The van der Waals surface area contributed by atoms with Crippen molar-refractivity contribution in [3.63, 3.8) is 0 Å². The first-order chi connectivity index (χ1) is 20.9. The van der Waals surface area contributed by atoms with Gasteiger partial charge in [0, 0.05) is 49.5 Å². The number of carbonyl (C=O) groups excluding carboxylic acids is 4. The van der Waals surface area contributed by atoms with Crippen molar-refractivity contribution in [1.82, 2.24) is 25.0 Å². The minimum Gasteiger partial charge on any atom is -0.489 e. The Hall–Kier alpha value is -4.54. The highest BCUT2D eigenvalue weighted by Gasteiger charge is 2.40. The van der Waals surface area contributed by atoms with E-state index in [0.29, 0.717) is 37.6 Å². The lowest BCUT2D eigenvalue weighted by Crippen LogP contribution is -2.62. The van der Waals surface area contributed by atoms with Gasteiger partial charge in [-0.05, 0) is 63.9 Å². The predicted molar refractivity (Wildman–Crippen MR) is 165 cm³/mol. The fourth-order valence-electron chi connectivity index (χ4n) is 5.80. The molecule has 11 nitrogen and oxygen atoms in total. The SMILES string of the molecule is CC(=O)N1CCN(C(=O)c2cc3cc(OCc4ccccc4)ccc3[nH]2)C[C@@H]1C(=O)N[C@H]1C[C@@H](C)N(C(=O)OC(C)(C)C)C1. The number of benzene rings is 2. The third-order valence-electron chi connectivity index (χ3n) is 7.99. The van der Waals surface area contributed by atoms with E-state index >= 15 is 0 Å². The molecule has 2 saturated heterocycles. The van der Waals surface area contributed by atoms with Gasteiger partial charge < -0.3 is 34.5 Å². The maximum absolute atomic E-state index is 13.6. The number of nitrogens with zero attached hydrogens (tertiary/aromatic N) is 3. The molecule has 11 heteroatoms. The zero-order valence-electron chi connectivity index (χ0n) is 26.0. The van der Waals surface area contributed by atoms with Gasteiger partial charge >= 0.3 is 6.09 Å². The number of aromatic nitrogens is 1. The van der Waals surface area contributed by atoms with Gasteiger partial charge in [0.1, 0.15) is 29.7 Å². The first-order valence-electron chi connectivity index (χ1n) is 15.0. The van der Waals surface area contributed by atoms with E-state index in [-0.39, 0.29) is 42.9 Å². The van der Waals surface area contributed by atoms with Gasteiger partial charge in [-0.3, -0.25) is 14.4 Å². The van der Waals surface area contributed by atoms with E-state index in [1.54, 1.807) is 15.9 Å². The van der Waals surface area contributed by atoms with Gasteiger partial charge in [-0.25, -0.2) is 4.79 Å².